The topological polar surface area (TPSA) is 225 Å². The van der Waals surface area contributed by atoms with E-state index in [9.17, 15) is 27.6 Å². The number of hydrogen-bond acceptors (Lipinski definition) is 13. The van der Waals surface area contributed by atoms with Gasteiger partial charge in [-0.25, -0.2) is 27.3 Å². The summed E-state index contributed by atoms with van der Waals surface area (Å²) < 4.78 is 95.3. The van der Waals surface area contributed by atoms with E-state index in [-0.39, 0.29) is 53.0 Å². The first kappa shape index (κ1) is 46.3. The maximum Gasteiger partial charge on any atom is 0.437 e. The number of amides is 5. The summed E-state index contributed by atoms with van der Waals surface area (Å²) in [4.78, 5) is 80.0. The van der Waals surface area contributed by atoms with Crippen LogP contribution in [0.15, 0.2) is 54.9 Å². The number of sulfonamides is 1. The number of rotatable bonds is 5. The van der Waals surface area contributed by atoms with E-state index in [2.05, 4.69) is 25.9 Å². The Morgan fingerprint density at radius 3 is 2.48 bits per heavy atom. The lowest BCUT2D eigenvalue weighted by atomic mass is 9.84. The third-order valence-corrected chi connectivity index (χ3v) is 14.1. The molecule has 66 heavy (non-hydrogen) atoms. The van der Waals surface area contributed by atoms with Gasteiger partial charge in [-0.1, -0.05) is 25.0 Å². The number of anilines is 1. The summed E-state index contributed by atoms with van der Waals surface area (Å²) in [5.74, 6) is -4.03. The molecule has 8 rings (SSSR count). The standard InChI is InChI=1S/C44H50F3N7O11S/c1-41(2,3)65-40(59)51-30-13-9-7-5-6-8-11-25-20-43(25,38(57)54-17-18-66(54,60)61)52-36(55)31-21-42(24-53(31)37(30)56)22-32(63-39(58)49-26-12-10-16-48-23-26)33-28-19-27(62-4)14-15-29(28)50-35(34(33)64-42)44(45,46)47/h8,10-12,14-16,19,23,25,30-32H,5-7,9,13,17-18,20-22,24H2,1-4H3,(H,49,58)(H,51,59)(H,52,55)/b11-8-/t25-,30+,31+,32+,42+,43-/m1/s1. The molecule has 3 N–H and O–H groups in total. The number of alkyl halides is 3. The second-order valence-electron chi connectivity index (χ2n) is 18.2. The summed E-state index contributed by atoms with van der Waals surface area (Å²) in [7, 11) is -2.57. The number of carbonyl (C=O) groups is 5. The second-order valence-corrected chi connectivity index (χ2v) is 20.3. The van der Waals surface area contributed by atoms with Crippen molar-refractivity contribution in [1.29, 1.82) is 0 Å². The van der Waals surface area contributed by atoms with Crippen LogP contribution in [0, 0.1) is 5.92 Å². The number of benzene rings is 1. The summed E-state index contributed by atoms with van der Waals surface area (Å²) >= 11 is 0. The third-order valence-electron chi connectivity index (χ3n) is 12.4. The van der Waals surface area contributed by atoms with Gasteiger partial charge in [0.2, 0.25) is 21.8 Å². The molecule has 22 heteroatoms. The van der Waals surface area contributed by atoms with Gasteiger partial charge in [-0.05, 0) is 76.8 Å². The quantitative estimate of drug-likeness (QED) is 0.268. The number of pyridine rings is 2. The lowest BCUT2D eigenvalue weighted by Gasteiger charge is -2.40. The molecule has 18 nitrogen and oxygen atoms in total. The Kier molecular flexibility index (Phi) is 12.1. The van der Waals surface area contributed by atoms with Crippen LogP contribution in [-0.2, 0) is 40.1 Å². The summed E-state index contributed by atoms with van der Waals surface area (Å²) in [5, 5.41) is 8.04. The number of alkyl carbamates (subject to hydrolysis) is 1. The van der Waals surface area contributed by atoms with Crippen molar-refractivity contribution in [1.82, 2.24) is 29.8 Å². The number of carbonyl (C=O) groups excluding carboxylic acids is 5. The SMILES string of the molecule is COc1ccc2nc(C(F)(F)F)c3c(c2c1)[C@@H](OC(=O)Nc1cccnc1)C[C@]1(C[C@H]2C(=O)N[C@]4(C(=O)N5CCS5(=O)=O)C[C@H]4/C=C\CCCCC[C@H](NC(=O)OC(C)(C)C)C(=O)N2C1)O3. The highest BCUT2D eigenvalue weighted by Gasteiger charge is 2.65. The zero-order valence-electron chi connectivity index (χ0n) is 36.6. The number of nitrogens with zero attached hydrogens (tertiary/aromatic N) is 4. The lowest BCUT2D eigenvalue weighted by Crippen LogP contribution is -2.62. The van der Waals surface area contributed by atoms with Crippen LogP contribution >= 0.6 is 0 Å². The van der Waals surface area contributed by atoms with Crippen molar-refractivity contribution in [3.8, 4) is 11.5 Å². The van der Waals surface area contributed by atoms with Crippen molar-refractivity contribution < 1.29 is 64.5 Å². The Bertz CT molecular complexity index is 2590. The van der Waals surface area contributed by atoms with Crippen LogP contribution < -0.4 is 25.4 Å². The summed E-state index contributed by atoms with van der Waals surface area (Å²) in [6.07, 6.45) is -0.845. The molecular formula is C44H50F3N7O11S. The van der Waals surface area contributed by atoms with Gasteiger partial charge in [0.15, 0.2) is 11.4 Å². The Morgan fingerprint density at radius 1 is 1.03 bits per heavy atom. The molecule has 1 aliphatic carbocycles. The first-order valence-corrected chi connectivity index (χ1v) is 23.2. The van der Waals surface area contributed by atoms with E-state index in [1.165, 1.54) is 43.8 Å². The van der Waals surface area contributed by atoms with Crippen LogP contribution in [0.2, 0.25) is 0 Å². The van der Waals surface area contributed by atoms with Gasteiger partial charge in [0.1, 0.15) is 40.7 Å². The fourth-order valence-electron chi connectivity index (χ4n) is 9.14. The minimum absolute atomic E-state index is 0.0394. The summed E-state index contributed by atoms with van der Waals surface area (Å²) in [6, 6.07) is 4.33. The highest BCUT2D eigenvalue weighted by molar-refractivity contribution is 7.90. The first-order valence-electron chi connectivity index (χ1n) is 21.6. The van der Waals surface area contributed by atoms with E-state index >= 15 is 18.0 Å². The molecule has 1 spiro atoms. The molecule has 354 valence electrons. The first-order chi connectivity index (χ1) is 31.1. The van der Waals surface area contributed by atoms with Gasteiger partial charge >= 0.3 is 18.4 Å². The lowest BCUT2D eigenvalue weighted by molar-refractivity contribution is -0.145. The van der Waals surface area contributed by atoms with E-state index in [1.54, 1.807) is 32.9 Å². The maximum atomic E-state index is 15.2. The van der Waals surface area contributed by atoms with Crippen LogP contribution in [0.25, 0.3) is 10.9 Å². The monoisotopic (exact) mass is 941 g/mol. The van der Waals surface area contributed by atoms with Gasteiger partial charge in [0, 0.05) is 35.9 Å². The van der Waals surface area contributed by atoms with Crippen molar-refractivity contribution in [2.45, 2.75) is 113 Å². The van der Waals surface area contributed by atoms with Crippen molar-refractivity contribution in [3.63, 3.8) is 0 Å². The number of halogens is 3. The highest BCUT2D eigenvalue weighted by atomic mass is 32.2. The van der Waals surface area contributed by atoms with Crippen molar-refractivity contribution >= 4 is 56.5 Å². The Hall–Kier alpha value is -6.19. The molecule has 0 radical (unpaired) electrons. The molecule has 1 aromatic carbocycles. The molecule has 6 atom stereocenters. The molecule has 6 heterocycles. The van der Waals surface area contributed by atoms with Gasteiger partial charge in [-0.3, -0.25) is 24.7 Å². The normalized spacial score (nSPS) is 27.9. The smallest absolute Gasteiger partial charge is 0.437 e. The summed E-state index contributed by atoms with van der Waals surface area (Å²) in [6.45, 7) is 4.23. The molecule has 5 amide bonds. The van der Waals surface area contributed by atoms with Gasteiger partial charge in [-0.15, -0.1) is 0 Å². The third kappa shape index (κ3) is 9.28. The Morgan fingerprint density at radius 2 is 1.82 bits per heavy atom. The number of aromatic nitrogens is 2. The maximum absolute atomic E-state index is 15.2. The summed E-state index contributed by atoms with van der Waals surface area (Å²) in [5.41, 5.74) is -6.18. The molecule has 2 aromatic heterocycles. The molecule has 3 aromatic rings. The van der Waals surface area contributed by atoms with E-state index < -0.39 is 118 Å². The van der Waals surface area contributed by atoms with Crippen LogP contribution in [-0.4, -0.2) is 112 Å². The molecule has 2 saturated heterocycles. The van der Waals surface area contributed by atoms with Crippen LogP contribution in [0.4, 0.5) is 28.4 Å². The largest absolute Gasteiger partial charge is 0.497 e. The zero-order chi connectivity index (χ0) is 47.4. The number of hydrogen-bond donors (Lipinski definition) is 3. The average Bonchev–Trinajstić information content (AvgIpc) is 3.81. The average molecular weight is 942 g/mol. The van der Waals surface area contributed by atoms with Crippen LogP contribution in [0.5, 0.6) is 11.5 Å². The molecule has 1 saturated carbocycles. The van der Waals surface area contributed by atoms with E-state index in [0.717, 1.165) is 4.90 Å². The predicted molar refractivity (Wildman–Crippen MR) is 228 cm³/mol. The molecule has 4 aliphatic heterocycles. The number of methoxy groups -OCH3 is 1. The van der Waals surface area contributed by atoms with E-state index in [1.807, 2.05) is 6.08 Å². The van der Waals surface area contributed by atoms with E-state index in [4.69, 9.17) is 18.9 Å². The highest BCUT2D eigenvalue weighted by Crippen LogP contribution is 2.54. The molecule has 0 bridgehead atoms. The van der Waals surface area contributed by atoms with Gasteiger partial charge < -0.3 is 34.5 Å². The minimum Gasteiger partial charge on any atom is -0.497 e. The number of nitrogens with one attached hydrogen (secondary N) is 3. The van der Waals surface area contributed by atoms with Gasteiger partial charge in [-0.2, -0.15) is 13.2 Å². The van der Waals surface area contributed by atoms with Crippen molar-refractivity contribution in [2.75, 3.05) is 31.3 Å². The Labute approximate surface area is 378 Å². The van der Waals surface area contributed by atoms with Crippen LogP contribution in [0.1, 0.15) is 89.5 Å². The fourth-order valence-corrected chi connectivity index (χ4v) is 10.2. The number of ether oxygens (including phenoxy) is 4. The van der Waals surface area contributed by atoms with Gasteiger partial charge in [0.05, 0.1) is 43.4 Å². The molecule has 3 fully saturated rings. The molecule has 0 unspecified atom stereocenters. The number of allylic oxidation sites excluding steroid dienone is 1. The predicted octanol–water partition coefficient (Wildman–Crippen LogP) is 5.53. The minimum atomic E-state index is -5.14. The zero-order valence-corrected chi connectivity index (χ0v) is 37.4. The second kappa shape index (κ2) is 17.2. The van der Waals surface area contributed by atoms with Crippen molar-refractivity contribution in [2.24, 2.45) is 5.92 Å². The molecule has 5 aliphatic rings. The fraction of sp³-hybridized carbons (Fsp3) is 0.523. The van der Waals surface area contributed by atoms with E-state index in [0.29, 0.717) is 30.0 Å². The molecular weight excluding hydrogens is 892 g/mol. The Balaban J connectivity index is 1.24. The van der Waals surface area contributed by atoms with Gasteiger partial charge in [0.25, 0.3) is 5.91 Å². The van der Waals surface area contributed by atoms with Crippen molar-refractivity contribution in [3.05, 3.63) is 66.1 Å². The number of fused-ring (bicyclic) bond motifs is 5. The van der Waals surface area contributed by atoms with Crippen LogP contribution in [0.3, 0.4) is 0 Å².